The fourth-order valence-corrected chi connectivity index (χ4v) is 4.95. The molecule has 2 heterocycles. The van der Waals surface area contributed by atoms with Crippen molar-refractivity contribution in [3.8, 4) is 0 Å². The first-order valence-electron chi connectivity index (χ1n) is 9.88. The molecule has 2 aliphatic heterocycles. The standard InChI is InChI=1S/C20H31ClN4OS/c1-2-22-19(23-14-20(26)9-12-27-15-20)24-18-7-10-25(11-8-18)13-16-3-5-17(21)6-4-16/h3-6,18,26H,2,7-15H2,1H3,(H2,22,23,24). The van der Waals surface area contributed by atoms with E-state index in [-0.39, 0.29) is 0 Å². The number of hydrogen-bond donors (Lipinski definition) is 3. The van der Waals surface area contributed by atoms with E-state index in [9.17, 15) is 5.11 Å². The summed E-state index contributed by atoms with van der Waals surface area (Å²) in [6, 6.07) is 8.56. The van der Waals surface area contributed by atoms with Gasteiger partial charge in [0.05, 0.1) is 12.1 Å². The van der Waals surface area contributed by atoms with Gasteiger partial charge in [-0.05, 0) is 49.6 Å². The topological polar surface area (TPSA) is 59.9 Å². The highest BCUT2D eigenvalue weighted by molar-refractivity contribution is 7.99. The molecule has 27 heavy (non-hydrogen) atoms. The molecule has 3 rings (SSSR count). The third-order valence-electron chi connectivity index (χ3n) is 5.21. The van der Waals surface area contributed by atoms with Crippen molar-refractivity contribution in [1.82, 2.24) is 15.5 Å². The predicted molar refractivity (Wildman–Crippen MR) is 116 cm³/mol. The van der Waals surface area contributed by atoms with E-state index in [1.165, 1.54) is 5.56 Å². The molecule has 0 amide bonds. The summed E-state index contributed by atoms with van der Waals surface area (Å²) < 4.78 is 0. The third-order valence-corrected chi connectivity index (χ3v) is 6.69. The predicted octanol–water partition coefficient (Wildman–Crippen LogP) is 2.73. The molecule has 5 nitrogen and oxygen atoms in total. The number of benzene rings is 1. The van der Waals surface area contributed by atoms with Gasteiger partial charge in [-0.2, -0.15) is 11.8 Å². The van der Waals surface area contributed by atoms with Crippen LogP contribution in [0.25, 0.3) is 0 Å². The quantitative estimate of drug-likeness (QED) is 0.497. The first-order chi connectivity index (χ1) is 13.1. The summed E-state index contributed by atoms with van der Waals surface area (Å²) in [6.45, 7) is 6.49. The fraction of sp³-hybridized carbons (Fsp3) is 0.650. The lowest BCUT2D eigenvalue weighted by molar-refractivity contribution is 0.0778. The molecular weight excluding hydrogens is 380 g/mol. The van der Waals surface area contributed by atoms with Gasteiger partial charge in [0.25, 0.3) is 0 Å². The summed E-state index contributed by atoms with van der Waals surface area (Å²) in [5, 5.41) is 18.2. The van der Waals surface area contributed by atoms with Gasteiger partial charge in [0.2, 0.25) is 0 Å². The first-order valence-corrected chi connectivity index (χ1v) is 11.4. The van der Waals surface area contributed by atoms with Gasteiger partial charge >= 0.3 is 0 Å². The lowest BCUT2D eigenvalue weighted by atomic mass is 10.0. The Morgan fingerprint density at radius 1 is 1.33 bits per heavy atom. The van der Waals surface area contributed by atoms with Gasteiger partial charge in [0.1, 0.15) is 0 Å². The van der Waals surface area contributed by atoms with E-state index in [1.807, 2.05) is 23.9 Å². The van der Waals surface area contributed by atoms with Crippen molar-refractivity contribution in [2.75, 3.05) is 37.7 Å². The Bertz CT molecular complexity index is 611. The van der Waals surface area contributed by atoms with Crippen LogP contribution in [0.5, 0.6) is 0 Å². The summed E-state index contributed by atoms with van der Waals surface area (Å²) in [5.41, 5.74) is 0.679. The Morgan fingerprint density at radius 2 is 2.07 bits per heavy atom. The first kappa shape index (κ1) is 20.8. The molecule has 7 heteroatoms. The van der Waals surface area contributed by atoms with Gasteiger partial charge in [0.15, 0.2) is 5.96 Å². The van der Waals surface area contributed by atoms with E-state index in [1.54, 1.807) is 0 Å². The Morgan fingerprint density at radius 3 is 2.70 bits per heavy atom. The second kappa shape index (κ2) is 10.0. The van der Waals surface area contributed by atoms with E-state index < -0.39 is 5.60 Å². The zero-order valence-corrected chi connectivity index (χ0v) is 17.7. The molecular formula is C20H31ClN4OS. The third kappa shape index (κ3) is 6.56. The van der Waals surface area contributed by atoms with Gasteiger partial charge in [0, 0.05) is 43.0 Å². The number of aliphatic imine (C=N–C) groups is 1. The highest BCUT2D eigenvalue weighted by atomic mass is 35.5. The molecule has 1 unspecified atom stereocenters. The smallest absolute Gasteiger partial charge is 0.191 e. The zero-order chi connectivity index (χ0) is 19.1. The van der Waals surface area contributed by atoms with Crippen molar-refractivity contribution >= 4 is 29.3 Å². The van der Waals surface area contributed by atoms with Crippen molar-refractivity contribution in [2.45, 2.75) is 44.4 Å². The van der Waals surface area contributed by atoms with Crippen LogP contribution >= 0.6 is 23.4 Å². The molecule has 0 radical (unpaired) electrons. The molecule has 3 N–H and O–H groups in total. The van der Waals surface area contributed by atoms with Crippen LogP contribution in [0.3, 0.4) is 0 Å². The molecule has 0 saturated carbocycles. The molecule has 0 spiro atoms. The highest BCUT2D eigenvalue weighted by Gasteiger charge is 2.31. The van der Waals surface area contributed by atoms with Crippen LogP contribution in [-0.2, 0) is 6.54 Å². The van der Waals surface area contributed by atoms with Crippen LogP contribution in [0.15, 0.2) is 29.3 Å². The Kier molecular flexibility index (Phi) is 7.70. The molecule has 2 fully saturated rings. The van der Waals surface area contributed by atoms with Crippen molar-refractivity contribution in [3.05, 3.63) is 34.9 Å². The largest absolute Gasteiger partial charge is 0.387 e. The average Bonchev–Trinajstić information content (AvgIpc) is 3.10. The summed E-state index contributed by atoms with van der Waals surface area (Å²) in [4.78, 5) is 7.15. The molecule has 1 atom stereocenters. The highest BCUT2D eigenvalue weighted by Crippen LogP contribution is 2.27. The number of rotatable bonds is 6. The number of hydrogen-bond acceptors (Lipinski definition) is 4. The lowest BCUT2D eigenvalue weighted by Crippen LogP contribution is -2.49. The van der Waals surface area contributed by atoms with Gasteiger partial charge in [-0.25, -0.2) is 0 Å². The Balaban J connectivity index is 1.46. The molecule has 1 aromatic rings. The second-order valence-corrected chi connectivity index (χ2v) is 9.08. The minimum absolute atomic E-state index is 0.428. The molecule has 0 aromatic heterocycles. The minimum Gasteiger partial charge on any atom is -0.387 e. The number of aliphatic hydroxyl groups is 1. The summed E-state index contributed by atoms with van der Waals surface area (Å²) >= 11 is 7.78. The number of piperidine rings is 1. The number of likely N-dealkylation sites (tertiary alicyclic amines) is 1. The zero-order valence-electron chi connectivity index (χ0n) is 16.1. The van der Waals surface area contributed by atoms with Gasteiger partial charge < -0.3 is 15.7 Å². The van der Waals surface area contributed by atoms with Crippen LogP contribution in [0.2, 0.25) is 5.02 Å². The maximum Gasteiger partial charge on any atom is 0.191 e. The summed E-state index contributed by atoms with van der Waals surface area (Å²) in [6.07, 6.45) is 3.03. The van der Waals surface area contributed by atoms with Crippen molar-refractivity contribution in [1.29, 1.82) is 0 Å². The van der Waals surface area contributed by atoms with Crippen LogP contribution in [0.4, 0.5) is 0 Å². The number of guanidine groups is 1. The fourth-order valence-electron chi connectivity index (χ4n) is 3.54. The van der Waals surface area contributed by atoms with Crippen molar-refractivity contribution in [2.24, 2.45) is 4.99 Å². The number of nitrogens with zero attached hydrogens (tertiary/aromatic N) is 2. The SMILES string of the molecule is CCNC(=NCC1(O)CCSC1)NC1CCN(Cc2ccc(Cl)cc2)CC1. The number of thioether (sulfide) groups is 1. The van der Waals surface area contributed by atoms with Gasteiger partial charge in [-0.15, -0.1) is 0 Å². The molecule has 0 aliphatic carbocycles. The molecule has 0 bridgehead atoms. The number of halogens is 1. The maximum absolute atomic E-state index is 10.5. The second-order valence-electron chi connectivity index (χ2n) is 7.54. The van der Waals surface area contributed by atoms with Crippen LogP contribution < -0.4 is 10.6 Å². The van der Waals surface area contributed by atoms with Crippen molar-refractivity contribution in [3.63, 3.8) is 0 Å². The Labute approximate surface area is 172 Å². The van der Waals surface area contributed by atoms with Gasteiger partial charge in [-0.1, -0.05) is 23.7 Å². The molecule has 150 valence electrons. The van der Waals surface area contributed by atoms with E-state index in [2.05, 4.69) is 39.6 Å². The molecule has 1 aromatic carbocycles. The van der Waals surface area contributed by atoms with E-state index >= 15 is 0 Å². The summed E-state index contributed by atoms with van der Waals surface area (Å²) in [5.74, 6) is 2.65. The molecule has 2 saturated heterocycles. The van der Waals surface area contributed by atoms with E-state index in [0.29, 0.717) is 12.6 Å². The minimum atomic E-state index is -0.630. The van der Waals surface area contributed by atoms with Crippen LogP contribution in [-0.4, -0.2) is 65.3 Å². The van der Waals surface area contributed by atoms with Crippen molar-refractivity contribution < 1.29 is 5.11 Å². The van der Waals surface area contributed by atoms with Gasteiger partial charge in [-0.3, -0.25) is 9.89 Å². The number of nitrogens with one attached hydrogen (secondary N) is 2. The molecule has 2 aliphatic rings. The monoisotopic (exact) mass is 410 g/mol. The van der Waals surface area contributed by atoms with E-state index in [4.69, 9.17) is 11.6 Å². The van der Waals surface area contributed by atoms with Crippen LogP contribution in [0.1, 0.15) is 31.7 Å². The summed E-state index contributed by atoms with van der Waals surface area (Å²) in [7, 11) is 0. The maximum atomic E-state index is 10.5. The lowest BCUT2D eigenvalue weighted by Gasteiger charge is -2.33. The van der Waals surface area contributed by atoms with Crippen LogP contribution in [0, 0.1) is 0 Å². The average molecular weight is 411 g/mol. The Hall–Kier alpha value is -0.950. The van der Waals surface area contributed by atoms with E-state index in [0.717, 1.165) is 67.9 Å². The normalized spacial score (nSPS) is 24.9.